The van der Waals surface area contributed by atoms with Gasteiger partial charge in [0.25, 0.3) is 0 Å². The normalized spacial score (nSPS) is 10.5. The third-order valence-electron chi connectivity index (χ3n) is 2.14. The molecule has 2 rings (SSSR count). The van der Waals surface area contributed by atoms with Gasteiger partial charge in [0.05, 0.1) is 22.2 Å². The first-order chi connectivity index (χ1) is 7.29. The van der Waals surface area contributed by atoms with Gasteiger partial charge < -0.3 is 5.11 Å². The number of nitrogens with zero attached hydrogens (tertiary/aromatic N) is 2. The highest BCUT2D eigenvalue weighted by Gasteiger charge is 2.07. The Morgan fingerprint density at radius 2 is 2.27 bits per heavy atom. The number of aromatic nitrogens is 2. The fourth-order valence-corrected chi connectivity index (χ4v) is 2.31. The van der Waals surface area contributed by atoms with Crippen molar-refractivity contribution in [3.8, 4) is 0 Å². The van der Waals surface area contributed by atoms with Crippen LogP contribution in [0.3, 0.4) is 0 Å². The highest BCUT2D eigenvalue weighted by molar-refractivity contribution is 7.11. The molecule has 0 aliphatic rings. The molecule has 0 aliphatic carbocycles. The molecule has 0 atom stereocenters. The average molecular weight is 220 g/mol. The van der Waals surface area contributed by atoms with Crippen molar-refractivity contribution in [2.45, 2.75) is 20.0 Å². The second kappa shape index (κ2) is 4.51. The molecule has 0 unspecified atom stereocenters. The van der Waals surface area contributed by atoms with Crippen LogP contribution in [0.1, 0.15) is 21.3 Å². The SMILES string of the molecule is Cc1nc(Cc2ccccn2)sc1CO. The lowest BCUT2D eigenvalue weighted by molar-refractivity contribution is 0.284. The Morgan fingerprint density at radius 3 is 2.87 bits per heavy atom. The van der Waals surface area contributed by atoms with Gasteiger partial charge in [-0.3, -0.25) is 4.98 Å². The number of hydrogen-bond acceptors (Lipinski definition) is 4. The number of aliphatic hydroxyl groups is 1. The Balaban J connectivity index is 2.18. The molecule has 3 nitrogen and oxygen atoms in total. The predicted octanol–water partition coefficient (Wildman–Crippen LogP) is 1.93. The fraction of sp³-hybridized carbons (Fsp3) is 0.273. The van der Waals surface area contributed by atoms with E-state index in [4.69, 9.17) is 5.11 Å². The van der Waals surface area contributed by atoms with Crippen LogP contribution < -0.4 is 0 Å². The molecule has 0 spiro atoms. The van der Waals surface area contributed by atoms with Gasteiger partial charge in [-0.1, -0.05) is 6.07 Å². The Labute approximate surface area is 92.5 Å². The van der Waals surface area contributed by atoms with Gasteiger partial charge in [0.1, 0.15) is 0 Å². The first-order valence-corrected chi connectivity index (χ1v) is 5.57. The summed E-state index contributed by atoms with van der Waals surface area (Å²) in [7, 11) is 0. The van der Waals surface area contributed by atoms with Gasteiger partial charge in [-0.2, -0.15) is 0 Å². The maximum absolute atomic E-state index is 9.05. The molecule has 0 bridgehead atoms. The number of rotatable bonds is 3. The summed E-state index contributed by atoms with van der Waals surface area (Å²) >= 11 is 1.55. The van der Waals surface area contributed by atoms with E-state index in [0.29, 0.717) is 0 Å². The summed E-state index contributed by atoms with van der Waals surface area (Å²) in [4.78, 5) is 9.58. The van der Waals surface area contributed by atoms with Crippen molar-refractivity contribution < 1.29 is 5.11 Å². The molecule has 78 valence electrons. The van der Waals surface area contributed by atoms with Crippen LogP contribution in [-0.2, 0) is 13.0 Å². The smallest absolute Gasteiger partial charge is 0.0991 e. The minimum Gasteiger partial charge on any atom is -0.391 e. The van der Waals surface area contributed by atoms with Crippen LogP contribution in [-0.4, -0.2) is 15.1 Å². The van der Waals surface area contributed by atoms with Gasteiger partial charge in [-0.15, -0.1) is 11.3 Å². The zero-order chi connectivity index (χ0) is 10.7. The second-order valence-electron chi connectivity index (χ2n) is 3.27. The van der Waals surface area contributed by atoms with Crippen LogP contribution in [0, 0.1) is 6.92 Å². The fourth-order valence-electron chi connectivity index (χ4n) is 1.37. The highest BCUT2D eigenvalue weighted by Crippen LogP contribution is 2.19. The summed E-state index contributed by atoms with van der Waals surface area (Å²) in [6.45, 7) is 2.00. The zero-order valence-electron chi connectivity index (χ0n) is 8.47. The summed E-state index contributed by atoms with van der Waals surface area (Å²) in [5.41, 5.74) is 1.93. The number of aryl methyl sites for hydroxylation is 1. The topological polar surface area (TPSA) is 46.0 Å². The van der Waals surface area contributed by atoms with Crippen molar-refractivity contribution in [2.75, 3.05) is 0 Å². The van der Waals surface area contributed by atoms with Gasteiger partial charge in [0.15, 0.2) is 0 Å². The number of aliphatic hydroxyl groups excluding tert-OH is 1. The van der Waals surface area contributed by atoms with E-state index in [9.17, 15) is 0 Å². The molecule has 2 heterocycles. The largest absolute Gasteiger partial charge is 0.391 e. The first kappa shape index (κ1) is 10.3. The molecule has 4 heteroatoms. The van der Waals surface area contributed by atoms with E-state index >= 15 is 0 Å². The third kappa shape index (κ3) is 2.40. The average Bonchev–Trinajstić information content (AvgIpc) is 2.60. The van der Waals surface area contributed by atoms with Gasteiger partial charge in [0.2, 0.25) is 0 Å². The highest BCUT2D eigenvalue weighted by atomic mass is 32.1. The molecule has 0 aliphatic heterocycles. The third-order valence-corrected chi connectivity index (χ3v) is 3.28. The minimum atomic E-state index is 0.0751. The van der Waals surface area contributed by atoms with Crippen LogP contribution >= 0.6 is 11.3 Å². The van der Waals surface area contributed by atoms with Crippen molar-refractivity contribution in [3.05, 3.63) is 45.7 Å². The second-order valence-corrected chi connectivity index (χ2v) is 4.44. The van der Waals surface area contributed by atoms with E-state index in [1.807, 2.05) is 25.1 Å². The maximum Gasteiger partial charge on any atom is 0.0991 e. The van der Waals surface area contributed by atoms with Crippen molar-refractivity contribution in [2.24, 2.45) is 0 Å². The van der Waals surface area contributed by atoms with Crippen molar-refractivity contribution in [1.82, 2.24) is 9.97 Å². The van der Waals surface area contributed by atoms with Crippen molar-refractivity contribution >= 4 is 11.3 Å². The first-order valence-electron chi connectivity index (χ1n) is 4.75. The predicted molar refractivity (Wildman–Crippen MR) is 59.8 cm³/mol. The molecule has 0 saturated carbocycles. The van der Waals surface area contributed by atoms with E-state index in [-0.39, 0.29) is 6.61 Å². The summed E-state index contributed by atoms with van der Waals surface area (Å²) in [6.07, 6.45) is 2.52. The van der Waals surface area contributed by atoms with E-state index in [1.54, 1.807) is 17.5 Å². The minimum absolute atomic E-state index is 0.0751. The van der Waals surface area contributed by atoms with E-state index in [1.165, 1.54) is 0 Å². The summed E-state index contributed by atoms with van der Waals surface area (Å²) in [6, 6.07) is 5.85. The quantitative estimate of drug-likeness (QED) is 0.859. The summed E-state index contributed by atoms with van der Waals surface area (Å²) in [5.74, 6) is 0. The molecule has 2 aromatic rings. The molecule has 2 aromatic heterocycles. The van der Waals surface area contributed by atoms with Crippen molar-refractivity contribution in [3.63, 3.8) is 0 Å². The Bertz CT molecular complexity index is 439. The lowest BCUT2D eigenvalue weighted by atomic mass is 10.3. The molecule has 0 amide bonds. The lowest BCUT2D eigenvalue weighted by Gasteiger charge is -1.94. The maximum atomic E-state index is 9.05. The number of thiazole rings is 1. The van der Waals surface area contributed by atoms with Crippen LogP contribution in [0.2, 0.25) is 0 Å². The summed E-state index contributed by atoms with van der Waals surface area (Å²) < 4.78 is 0. The zero-order valence-corrected chi connectivity index (χ0v) is 9.29. The van der Waals surface area contributed by atoms with Gasteiger partial charge in [-0.25, -0.2) is 4.98 Å². The van der Waals surface area contributed by atoms with Crippen LogP contribution in [0.15, 0.2) is 24.4 Å². The van der Waals surface area contributed by atoms with Crippen molar-refractivity contribution in [1.29, 1.82) is 0 Å². The number of pyridine rings is 1. The molecule has 0 fully saturated rings. The van der Waals surface area contributed by atoms with Gasteiger partial charge in [0, 0.05) is 18.3 Å². The molecular weight excluding hydrogens is 208 g/mol. The number of hydrogen-bond donors (Lipinski definition) is 1. The van der Waals surface area contributed by atoms with E-state index in [2.05, 4.69) is 9.97 Å². The van der Waals surface area contributed by atoms with Gasteiger partial charge in [-0.05, 0) is 19.1 Å². The molecule has 0 aromatic carbocycles. The van der Waals surface area contributed by atoms with E-state index < -0.39 is 0 Å². The summed E-state index contributed by atoms with van der Waals surface area (Å²) in [5, 5.41) is 10.1. The molecule has 0 saturated heterocycles. The monoisotopic (exact) mass is 220 g/mol. The molecular formula is C11H12N2OS. The van der Waals surface area contributed by atoms with Crippen LogP contribution in [0.5, 0.6) is 0 Å². The Hall–Kier alpha value is -1.26. The lowest BCUT2D eigenvalue weighted by Crippen LogP contribution is -1.90. The Kier molecular flexibility index (Phi) is 3.08. The molecule has 1 N–H and O–H groups in total. The Morgan fingerprint density at radius 1 is 1.40 bits per heavy atom. The standard InChI is InChI=1S/C11H12N2OS/c1-8-10(7-14)15-11(13-8)6-9-4-2-3-5-12-9/h2-5,14H,6-7H2,1H3. The van der Waals surface area contributed by atoms with Crippen LogP contribution in [0.4, 0.5) is 0 Å². The van der Waals surface area contributed by atoms with Crippen LogP contribution in [0.25, 0.3) is 0 Å². The van der Waals surface area contributed by atoms with Gasteiger partial charge >= 0.3 is 0 Å². The molecule has 15 heavy (non-hydrogen) atoms. The molecule has 0 radical (unpaired) electrons. The van der Waals surface area contributed by atoms with E-state index in [0.717, 1.165) is 27.7 Å².